The molecule has 1 aromatic rings. The van der Waals surface area contributed by atoms with Crippen LogP contribution in [0.3, 0.4) is 0 Å². The summed E-state index contributed by atoms with van der Waals surface area (Å²) in [5.41, 5.74) is 6.84. The normalized spacial score (nSPS) is 14.1. The molecule has 0 fully saturated rings. The van der Waals surface area contributed by atoms with Crippen molar-refractivity contribution in [1.29, 1.82) is 0 Å². The minimum absolute atomic E-state index is 0.0295. The Hall–Kier alpha value is -1.42. The SMILES string of the molecule is CCCC[C@H](N)C(=O)N[C@@H](C)c1ccncc1. The number of unbranched alkanes of at least 4 members (excludes halogenated alkanes) is 1. The van der Waals surface area contributed by atoms with E-state index in [0.717, 1.165) is 24.8 Å². The van der Waals surface area contributed by atoms with Gasteiger partial charge in [-0.05, 0) is 31.0 Å². The molecular formula is C13H21N3O. The molecule has 3 N–H and O–H groups in total. The second kappa shape index (κ2) is 7.01. The van der Waals surface area contributed by atoms with Crippen molar-refractivity contribution >= 4 is 5.91 Å². The van der Waals surface area contributed by atoms with E-state index in [1.165, 1.54) is 0 Å². The Kier molecular flexibility index (Phi) is 5.63. The highest BCUT2D eigenvalue weighted by Gasteiger charge is 2.15. The molecule has 0 spiro atoms. The van der Waals surface area contributed by atoms with Gasteiger partial charge in [0.25, 0.3) is 0 Å². The average molecular weight is 235 g/mol. The van der Waals surface area contributed by atoms with Crippen molar-refractivity contribution in [3.63, 3.8) is 0 Å². The van der Waals surface area contributed by atoms with Gasteiger partial charge < -0.3 is 11.1 Å². The number of nitrogens with two attached hydrogens (primary N) is 1. The molecule has 0 aliphatic rings. The van der Waals surface area contributed by atoms with Gasteiger partial charge in [-0.2, -0.15) is 0 Å². The fourth-order valence-corrected chi connectivity index (χ4v) is 1.61. The van der Waals surface area contributed by atoms with Gasteiger partial charge in [-0.25, -0.2) is 0 Å². The van der Waals surface area contributed by atoms with Gasteiger partial charge in [-0.15, -0.1) is 0 Å². The van der Waals surface area contributed by atoms with Crippen molar-refractivity contribution in [3.8, 4) is 0 Å². The molecule has 1 heterocycles. The van der Waals surface area contributed by atoms with Crippen LogP contribution in [0.2, 0.25) is 0 Å². The summed E-state index contributed by atoms with van der Waals surface area (Å²) >= 11 is 0. The summed E-state index contributed by atoms with van der Waals surface area (Å²) in [5.74, 6) is -0.0808. The zero-order chi connectivity index (χ0) is 12.7. The van der Waals surface area contributed by atoms with E-state index in [4.69, 9.17) is 5.73 Å². The molecule has 4 nitrogen and oxygen atoms in total. The van der Waals surface area contributed by atoms with Crippen molar-refractivity contribution in [2.24, 2.45) is 5.73 Å². The van der Waals surface area contributed by atoms with Crippen molar-refractivity contribution in [1.82, 2.24) is 10.3 Å². The summed E-state index contributed by atoms with van der Waals surface area (Å²) in [6.45, 7) is 4.03. The van der Waals surface area contributed by atoms with Gasteiger partial charge in [0.05, 0.1) is 12.1 Å². The Balaban J connectivity index is 2.46. The minimum Gasteiger partial charge on any atom is -0.348 e. The highest BCUT2D eigenvalue weighted by molar-refractivity contribution is 5.81. The number of pyridine rings is 1. The highest BCUT2D eigenvalue weighted by atomic mass is 16.2. The molecule has 2 atom stereocenters. The number of amides is 1. The topological polar surface area (TPSA) is 68.0 Å². The molecule has 0 aromatic carbocycles. The molecule has 0 radical (unpaired) electrons. The average Bonchev–Trinajstić information content (AvgIpc) is 2.36. The molecule has 1 amide bonds. The summed E-state index contributed by atoms with van der Waals surface area (Å²) in [5, 5.41) is 2.91. The standard InChI is InChI=1S/C13H21N3O/c1-3-4-5-12(14)13(17)16-10(2)11-6-8-15-9-7-11/h6-10,12H,3-5,14H2,1-2H3,(H,16,17)/t10-,12-/m0/s1. The molecule has 0 aliphatic carbocycles. The van der Waals surface area contributed by atoms with Crippen LogP contribution in [-0.2, 0) is 4.79 Å². The number of carbonyl (C=O) groups is 1. The number of hydrogen-bond acceptors (Lipinski definition) is 3. The molecule has 0 saturated heterocycles. The van der Waals surface area contributed by atoms with Crippen LogP contribution in [0.25, 0.3) is 0 Å². The minimum atomic E-state index is -0.403. The summed E-state index contributed by atoms with van der Waals surface area (Å²) in [6, 6.07) is 3.35. The third-order valence-electron chi connectivity index (χ3n) is 2.77. The molecule has 0 bridgehead atoms. The first-order valence-corrected chi connectivity index (χ1v) is 6.11. The monoisotopic (exact) mass is 235 g/mol. The zero-order valence-corrected chi connectivity index (χ0v) is 10.5. The lowest BCUT2D eigenvalue weighted by Gasteiger charge is -2.17. The fraction of sp³-hybridized carbons (Fsp3) is 0.538. The molecule has 17 heavy (non-hydrogen) atoms. The predicted octanol–water partition coefficient (Wildman–Crippen LogP) is 1.78. The lowest BCUT2D eigenvalue weighted by atomic mass is 10.1. The first-order chi connectivity index (χ1) is 8.15. The quantitative estimate of drug-likeness (QED) is 0.789. The van der Waals surface area contributed by atoms with Gasteiger partial charge in [-0.1, -0.05) is 19.8 Å². The molecule has 0 unspecified atom stereocenters. The summed E-state index contributed by atoms with van der Waals surface area (Å²) in [4.78, 5) is 15.7. The maximum atomic E-state index is 11.8. The van der Waals surface area contributed by atoms with Gasteiger partial charge in [0.1, 0.15) is 0 Å². The van der Waals surface area contributed by atoms with Crippen LogP contribution in [0.1, 0.15) is 44.7 Å². The highest BCUT2D eigenvalue weighted by Crippen LogP contribution is 2.10. The van der Waals surface area contributed by atoms with Crippen LogP contribution in [0.15, 0.2) is 24.5 Å². The van der Waals surface area contributed by atoms with E-state index in [-0.39, 0.29) is 11.9 Å². The van der Waals surface area contributed by atoms with Crippen LogP contribution in [0.5, 0.6) is 0 Å². The first kappa shape index (κ1) is 13.6. The van der Waals surface area contributed by atoms with Crippen molar-refractivity contribution < 1.29 is 4.79 Å². The first-order valence-electron chi connectivity index (χ1n) is 6.11. The Morgan fingerprint density at radius 3 is 2.71 bits per heavy atom. The third kappa shape index (κ3) is 4.53. The van der Waals surface area contributed by atoms with Gasteiger partial charge in [-0.3, -0.25) is 9.78 Å². The van der Waals surface area contributed by atoms with Crippen molar-refractivity contribution in [2.45, 2.75) is 45.2 Å². The lowest BCUT2D eigenvalue weighted by molar-refractivity contribution is -0.123. The Morgan fingerprint density at radius 2 is 2.12 bits per heavy atom. The second-order valence-corrected chi connectivity index (χ2v) is 4.26. The summed E-state index contributed by atoms with van der Waals surface area (Å²) in [6.07, 6.45) is 6.22. The number of carbonyl (C=O) groups excluding carboxylic acids is 1. The maximum absolute atomic E-state index is 11.8. The van der Waals surface area contributed by atoms with Crippen molar-refractivity contribution in [2.75, 3.05) is 0 Å². The lowest BCUT2D eigenvalue weighted by Crippen LogP contribution is -2.41. The second-order valence-electron chi connectivity index (χ2n) is 4.26. The van der Waals surface area contributed by atoms with Crippen LogP contribution < -0.4 is 11.1 Å². The van der Waals surface area contributed by atoms with Gasteiger partial charge in [0.15, 0.2) is 0 Å². The molecular weight excluding hydrogens is 214 g/mol. The Bertz CT molecular complexity index is 340. The number of aromatic nitrogens is 1. The Morgan fingerprint density at radius 1 is 1.47 bits per heavy atom. The van der Waals surface area contributed by atoms with Crippen LogP contribution in [0.4, 0.5) is 0 Å². The fourth-order valence-electron chi connectivity index (χ4n) is 1.61. The van der Waals surface area contributed by atoms with E-state index < -0.39 is 6.04 Å². The predicted molar refractivity (Wildman–Crippen MR) is 68.3 cm³/mol. The van der Waals surface area contributed by atoms with E-state index in [9.17, 15) is 4.79 Å². The molecule has 94 valence electrons. The van der Waals surface area contributed by atoms with Crippen LogP contribution in [-0.4, -0.2) is 16.9 Å². The van der Waals surface area contributed by atoms with Gasteiger partial charge in [0.2, 0.25) is 5.91 Å². The maximum Gasteiger partial charge on any atom is 0.237 e. The number of nitrogens with zero attached hydrogens (tertiary/aromatic N) is 1. The zero-order valence-electron chi connectivity index (χ0n) is 10.5. The molecule has 1 aromatic heterocycles. The molecule has 0 saturated carbocycles. The van der Waals surface area contributed by atoms with E-state index in [2.05, 4.69) is 17.2 Å². The summed E-state index contributed by atoms with van der Waals surface area (Å²) < 4.78 is 0. The van der Waals surface area contributed by atoms with Crippen LogP contribution >= 0.6 is 0 Å². The Labute approximate surface area is 103 Å². The summed E-state index contributed by atoms with van der Waals surface area (Å²) in [7, 11) is 0. The smallest absolute Gasteiger partial charge is 0.237 e. The van der Waals surface area contributed by atoms with E-state index in [1.54, 1.807) is 12.4 Å². The molecule has 0 aliphatic heterocycles. The number of rotatable bonds is 6. The van der Waals surface area contributed by atoms with E-state index >= 15 is 0 Å². The largest absolute Gasteiger partial charge is 0.348 e. The van der Waals surface area contributed by atoms with Crippen molar-refractivity contribution in [3.05, 3.63) is 30.1 Å². The van der Waals surface area contributed by atoms with E-state index in [0.29, 0.717) is 0 Å². The van der Waals surface area contributed by atoms with Gasteiger partial charge >= 0.3 is 0 Å². The van der Waals surface area contributed by atoms with E-state index in [1.807, 2.05) is 19.1 Å². The molecule has 4 heteroatoms. The molecule has 1 rings (SSSR count). The number of hydrogen-bond donors (Lipinski definition) is 2. The number of nitrogens with one attached hydrogen (secondary N) is 1. The van der Waals surface area contributed by atoms with Gasteiger partial charge in [0, 0.05) is 12.4 Å². The van der Waals surface area contributed by atoms with Crippen LogP contribution in [0, 0.1) is 0 Å². The third-order valence-corrected chi connectivity index (χ3v) is 2.77.